The minimum atomic E-state index is -1.11. The zero-order valence-corrected chi connectivity index (χ0v) is 10.4. The Hall–Kier alpha value is -1.07. The predicted molar refractivity (Wildman–Crippen MR) is 65.2 cm³/mol. The first-order valence-corrected chi connectivity index (χ1v) is 6.40. The normalized spacial score (nSPS) is 12.4. The first kappa shape index (κ1) is 13.0. The van der Waals surface area contributed by atoms with Crippen LogP contribution in [0.5, 0.6) is 5.75 Å². The highest BCUT2D eigenvalue weighted by Gasteiger charge is 2.10. The van der Waals surface area contributed by atoms with Crippen LogP contribution in [0.25, 0.3) is 0 Å². The smallest absolute Gasteiger partial charge is 0.137 e. The number of anilines is 1. The van der Waals surface area contributed by atoms with E-state index < -0.39 is 10.8 Å². The van der Waals surface area contributed by atoms with Crippen molar-refractivity contribution in [1.82, 2.24) is 0 Å². The van der Waals surface area contributed by atoms with Gasteiger partial charge in [-0.25, -0.2) is 0 Å². The average molecular weight is 243 g/mol. The molecule has 0 aliphatic heterocycles. The maximum Gasteiger partial charge on any atom is 0.137 e. The van der Waals surface area contributed by atoms with Gasteiger partial charge in [0.15, 0.2) is 0 Å². The van der Waals surface area contributed by atoms with Crippen LogP contribution in [-0.2, 0) is 15.5 Å². The minimum Gasteiger partial charge on any atom is -0.495 e. The van der Waals surface area contributed by atoms with E-state index in [1.807, 2.05) is 6.92 Å². The molecule has 0 saturated heterocycles. The first-order chi connectivity index (χ1) is 7.69. The van der Waals surface area contributed by atoms with Gasteiger partial charge in [0.2, 0.25) is 0 Å². The van der Waals surface area contributed by atoms with Crippen LogP contribution < -0.4 is 10.5 Å². The fourth-order valence-electron chi connectivity index (χ4n) is 1.26. The molecule has 1 aromatic carbocycles. The van der Waals surface area contributed by atoms with Crippen molar-refractivity contribution in [2.24, 2.45) is 0 Å². The van der Waals surface area contributed by atoms with Crippen molar-refractivity contribution >= 4 is 16.5 Å². The highest BCUT2D eigenvalue weighted by Crippen LogP contribution is 2.24. The average Bonchev–Trinajstić information content (AvgIpc) is 2.29. The van der Waals surface area contributed by atoms with Crippen LogP contribution in [0.1, 0.15) is 6.92 Å². The van der Waals surface area contributed by atoms with E-state index in [2.05, 4.69) is 0 Å². The Morgan fingerprint density at radius 1 is 1.44 bits per heavy atom. The number of hydrogen-bond donors (Lipinski definition) is 1. The Kier molecular flexibility index (Phi) is 5.28. The molecule has 0 fully saturated rings. The van der Waals surface area contributed by atoms with Gasteiger partial charge in [0, 0.05) is 18.4 Å². The number of nitrogens with two attached hydrogens (primary N) is 1. The maximum absolute atomic E-state index is 11.9. The molecule has 0 bridgehead atoms. The second-order valence-corrected chi connectivity index (χ2v) is 4.70. The van der Waals surface area contributed by atoms with Crippen LogP contribution in [0.2, 0.25) is 0 Å². The summed E-state index contributed by atoms with van der Waals surface area (Å²) in [7, 11) is 0.430. The molecule has 90 valence electrons. The van der Waals surface area contributed by atoms with Crippen molar-refractivity contribution < 1.29 is 13.7 Å². The molecule has 0 saturated carbocycles. The Morgan fingerprint density at radius 3 is 2.81 bits per heavy atom. The standard InChI is InChI=1S/C11H17NO3S/c1-3-15-6-7-16(13)11-5-4-9(12)8-10(11)14-2/h4-5,8H,3,6-7,12H2,1-2H3. The van der Waals surface area contributed by atoms with Crippen LogP contribution in [-0.4, -0.2) is 30.3 Å². The zero-order valence-electron chi connectivity index (χ0n) is 9.56. The lowest BCUT2D eigenvalue weighted by Gasteiger charge is -2.09. The molecule has 1 unspecified atom stereocenters. The number of hydrogen-bond acceptors (Lipinski definition) is 4. The second-order valence-electron chi connectivity index (χ2n) is 3.16. The SMILES string of the molecule is CCOCCS(=O)c1ccc(N)cc1OC. The first-order valence-electron chi connectivity index (χ1n) is 5.08. The van der Waals surface area contributed by atoms with E-state index in [0.717, 1.165) is 0 Å². The van der Waals surface area contributed by atoms with E-state index in [-0.39, 0.29) is 0 Å². The van der Waals surface area contributed by atoms with Gasteiger partial charge < -0.3 is 15.2 Å². The van der Waals surface area contributed by atoms with Gasteiger partial charge in [0.25, 0.3) is 0 Å². The largest absolute Gasteiger partial charge is 0.495 e. The summed E-state index contributed by atoms with van der Waals surface area (Å²) < 4.78 is 22.2. The van der Waals surface area contributed by atoms with Gasteiger partial charge in [-0.2, -0.15) is 0 Å². The van der Waals surface area contributed by atoms with E-state index in [4.69, 9.17) is 15.2 Å². The van der Waals surface area contributed by atoms with Crippen LogP contribution in [0, 0.1) is 0 Å². The summed E-state index contributed by atoms with van der Waals surface area (Å²) in [6.45, 7) is 3.03. The lowest BCUT2D eigenvalue weighted by atomic mass is 10.3. The monoisotopic (exact) mass is 243 g/mol. The second kappa shape index (κ2) is 6.50. The highest BCUT2D eigenvalue weighted by atomic mass is 32.2. The molecule has 1 aromatic rings. The molecule has 0 spiro atoms. The predicted octanol–water partition coefficient (Wildman–Crippen LogP) is 1.42. The molecule has 0 heterocycles. The molecular formula is C11H17NO3S. The summed E-state index contributed by atoms with van der Waals surface area (Å²) in [5.74, 6) is 1.03. The summed E-state index contributed by atoms with van der Waals surface area (Å²) >= 11 is 0. The minimum absolute atomic E-state index is 0.466. The fraction of sp³-hybridized carbons (Fsp3) is 0.455. The molecule has 0 aromatic heterocycles. The third-order valence-electron chi connectivity index (χ3n) is 2.05. The molecule has 1 rings (SSSR count). The van der Waals surface area contributed by atoms with Crippen LogP contribution in [0.4, 0.5) is 5.69 Å². The fourth-order valence-corrected chi connectivity index (χ4v) is 2.34. The van der Waals surface area contributed by atoms with E-state index >= 15 is 0 Å². The van der Waals surface area contributed by atoms with Crippen LogP contribution >= 0.6 is 0 Å². The summed E-state index contributed by atoms with van der Waals surface area (Å²) in [4.78, 5) is 0.663. The molecule has 1 atom stereocenters. The number of ether oxygens (including phenoxy) is 2. The Balaban J connectivity index is 2.74. The summed E-state index contributed by atoms with van der Waals surface area (Å²) in [6, 6.07) is 5.13. The van der Waals surface area contributed by atoms with Crippen LogP contribution in [0.15, 0.2) is 23.1 Å². The number of methoxy groups -OCH3 is 1. The topological polar surface area (TPSA) is 61.5 Å². The van der Waals surface area contributed by atoms with E-state index in [0.29, 0.717) is 35.3 Å². The molecule has 0 amide bonds. The van der Waals surface area contributed by atoms with Gasteiger partial charge in [-0.15, -0.1) is 0 Å². The Labute approximate surface area is 98.2 Å². The molecule has 16 heavy (non-hydrogen) atoms. The highest BCUT2D eigenvalue weighted by molar-refractivity contribution is 7.85. The molecule has 0 aliphatic rings. The van der Waals surface area contributed by atoms with Crippen LogP contribution in [0.3, 0.4) is 0 Å². The third kappa shape index (κ3) is 3.50. The van der Waals surface area contributed by atoms with E-state index in [1.165, 1.54) is 7.11 Å². The van der Waals surface area contributed by atoms with E-state index in [9.17, 15) is 4.21 Å². The summed E-state index contributed by atoms with van der Waals surface area (Å²) in [5, 5.41) is 0. The molecule has 0 aliphatic carbocycles. The Morgan fingerprint density at radius 2 is 2.19 bits per heavy atom. The maximum atomic E-state index is 11.9. The summed E-state index contributed by atoms with van der Waals surface area (Å²) in [6.07, 6.45) is 0. The summed E-state index contributed by atoms with van der Waals surface area (Å²) in [5.41, 5.74) is 6.22. The van der Waals surface area contributed by atoms with Crippen molar-refractivity contribution in [3.05, 3.63) is 18.2 Å². The zero-order chi connectivity index (χ0) is 12.0. The van der Waals surface area contributed by atoms with Crippen molar-refractivity contribution in [3.8, 4) is 5.75 Å². The number of nitrogen functional groups attached to an aromatic ring is 1. The van der Waals surface area contributed by atoms with Crippen molar-refractivity contribution in [3.63, 3.8) is 0 Å². The molecule has 2 N–H and O–H groups in total. The molecule has 5 heteroatoms. The lowest BCUT2D eigenvalue weighted by Crippen LogP contribution is -2.07. The van der Waals surface area contributed by atoms with Gasteiger partial charge >= 0.3 is 0 Å². The Bertz CT molecular complexity index is 368. The van der Waals surface area contributed by atoms with Crippen molar-refractivity contribution in [1.29, 1.82) is 0 Å². The third-order valence-corrected chi connectivity index (χ3v) is 3.42. The van der Waals surface area contributed by atoms with Gasteiger partial charge in [0.05, 0.1) is 35.2 Å². The molecular weight excluding hydrogens is 226 g/mol. The quantitative estimate of drug-likeness (QED) is 0.606. The van der Waals surface area contributed by atoms with Gasteiger partial charge in [-0.3, -0.25) is 4.21 Å². The lowest BCUT2D eigenvalue weighted by molar-refractivity contribution is 0.164. The van der Waals surface area contributed by atoms with Crippen molar-refractivity contribution in [2.45, 2.75) is 11.8 Å². The van der Waals surface area contributed by atoms with Gasteiger partial charge in [-0.1, -0.05) is 0 Å². The van der Waals surface area contributed by atoms with E-state index in [1.54, 1.807) is 18.2 Å². The molecule has 0 radical (unpaired) electrons. The molecule has 4 nitrogen and oxygen atoms in total. The van der Waals surface area contributed by atoms with Gasteiger partial charge in [0.1, 0.15) is 5.75 Å². The number of benzene rings is 1. The van der Waals surface area contributed by atoms with Gasteiger partial charge in [-0.05, 0) is 19.1 Å². The number of rotatable bonds is 6. The van der Waals surface area contributed by atoms with Crippen molar-refractivity contribution in [2.75, 3.05) is 31.8 Å².